The van der Waals surface area contributed by atoms with Crippen LogP contribution >= 0.6 is 15.9 Å². The number of carbonyl (C=O) groups excluding carboxylic acids is 1. The van der Waals surface area contributed by atoms with Gasteiger partial charge in [0.15, 0.2) is 0 Å². The summed E-state index contributed by atoms with van der Waals surface area (Å²) in [4.78, 5) is 16.1. The molecule has 1 aliphatic rings. The lowest BCUT2D eigenvalue weighted by atomic mass is 9.99. The number of ether oxygens (including phenoxy) is 1. The first-order valence-corrected chi connectivity index (χ1v) is 9.08. The highest BCUT2D eigenvalue weighted by molar-refractivity contribution is 9.10. The average Bonchev–Trinajstić information content (AvgIpc) is 2.78. The van der Waals surface area contributed by atoms with E-state index in [1.165, 1.54) is 23.9 Å². The maximum absolute atomic E-state index is 12.5. The van der Waals surface area contributed by atoms with Gasteiger partial charge in [0.05, 0.1) is 6.04 Å². The number of nitrogens with zero attached hydrogens (tertiary/aromatic N) is 1. The summed E-state index contributed by atoms with van der Waals surface area (Å²) in [6.45, 7) is -3.01. The smallest absolute Gasteiger partial charge is 0.388 e. The summed E-state index contributed by atoms with van der Waals surface area (Å²) in [5, 5.41) is 5.47. The molecule has 1 heterocycles. The molecule has 2 N–H and O–H groups in total. The van der Waals surface area contributed by atoms with Crippen LogP contribution in [0.25, 0.3) is 0 Å². The molecule has 2 amide bonds. The average molecular weight is 426 g/mol. The molecule has 3 rings (SSSR count). The van der Waals surface area contributed by atoms with Crippen molar-refractivity contribution in [1.82, 2.24) is 10.3 Å². The van der Waals surface area contributed by atoms with Crippen molar-refractivity contribution in [2.75, 3.05) is 5.32 Å². The number of aryl methyl sites for hydroxylation is 1. The molecular formula is C18H18BrF2N3O2. The maximum atomic E-state index is 12.5. The highest BCUT2D eigenvalue weighted by Crippen LogP contribution is 2.31. The van der Waals surface area contributed by atoms with Crippen LogP contribution in [0.15, 0.2) is 41.0 Å². The number of benzene rings is 1. The van der Waals surface area contributed by atoms with E-state index >= 15 is 0 Å². The van der Waals surface area contributed by atoms with E-state index in [0.29, 0.717) is 0 Å². The van der Waals surface area contributed by atoms with Gasteiger partial charge < -0.3 is 15.4 Å². The van der Waals surface area contributed by atoms with Crippen molar-refractivity contribution < 1.29 is 18.3 Å². The van der Waals surface area contributed by atoms with Crippen molar-refractivity contribution in [3.05, 3.63) is 52.1 Å². The predicted molar refractivity (Wildman–Crippen MR) is 97.5 cm³/mol. The molecule has 5 nitrogen and oxygen atoms in total. The molecule has 0 aliphatic heterocycles. The lowest BCUT2D eigenvalue weighted by Gasteiger charge is -2.20. The van der Waals surface area contributed by atoms with E-state index in [2.05, 4.69) is 42.4 Å². The molecule has 1 aliphatic carbocycles. The molecule has 0 saturated carbocycles. The van der Waals surface area contributed by atoms with Crippen LogP contribution in [-0.2, 0) is 6.42 Å². The first-order valence-electron chi connectivity index (χ1n) is 8.28. The fraction of sp³-hybridized carbons (Fsp3) is 0.333. The van der Waals surface area contributed by atoms with Gasteiger partial charge >= 0.3 is 12.6 Å². The van der Waals surface area contributed by atoms with Crippen molar-refractivity contribution in [1.29, 1.82) is 0 Å². The molecule has 1 atom stereocenters. The van der Waals surface area contributed by atoms with E-state index in [-0.39, 0.29) is 17.6 Å². The minimum absolute atomic E-state index is 0.0925. The number of rotatable bonds is 4. The topological polar surface area (TPSA) is 63.2 Å². The molecule has 1 aromatic heterocycles. The van der Waals surface area contributed by atoms with Crippen LogP contribution in [0.1, 0.15) is 36.4 Å². The molecule has 2 aromatic rings. The van der Waals surface area contributed by atoms with Gasteiger partial charge in [0.25, 0.3) is 0 Å². The van der Waals surface area contributed by atoms with Gasteiger partial charge in [-0.3, -0.25) is 0 Å². The number of pyridine rings is 1. The second kappa shape index (κ2) is 8.44. The van der Waals surface area contributed by atoms with E-state index in [0.717, 1.165) is 35.7 Å². The molecular weight excluding hydrogens is 408 g/mol. The number of anilines is 1. The second-order valence-electron chi connectivity index (χ2n) is 5.97. The lowest BCUT2D eigenvalue weighted by molar-refractivity contribution is -0.0523. The number of alkyl halides is 2. The molecule has 1 unspecified atom stereocenters. The van der Waals surface area contributed by atoms with Gasteiger partial charge in [-0.25, -0.2) is 9.78 Å². The maximum Gasteiger partial charge on any atom is 0.388 e. The van der Waals surface area contributed by atoms with Crippen molar-refractivity contribution in [3.63, 3.8) is 0 Å². The van der Waals surface area contributed by atoms with E-state index in [1.54, 1.807) is 0 Å². The van der Waals surface area contributed by atoms with E-state index in [4.69, 9.17) is 0 Å². The Morgan fingerprint density at radius 2 is 2.15 bits per heavy atom. The highest BCUT2D eigenvalue weighted by atomic mass is 79.9. The van der Waals surface area contributed by atoms with Crippen molar-refractivity contribution in [3.8, 4) is 5.88 Å². The van der Waals surface area contributed by atoms with Crippen LogP contribution in [0.4, 0.5) is 19.3 Å². The van der Waals surface area contributed by atoms with Crippen molar-refractivity contribution in [2.45, 2.75) is 38.3 Å². The SMILES string of the molecule is O=C(Nc1cccnc1OC(F)F)NC1CCCCc2cc(Br)ccc21. The van der Waals surface area contributed by atoms with Crippen molar-refractivity contribution in [2.24, 2.45) is 0 Å². The molecule has 0 spiro atoms. The number of hydrogen-bond donors (Lipinski definition) is 2. The lowest BCUT2D eigenvalue weighted by Crippen LogP contribution is -2.33. The quantitative estimate of drug-likeness (QED) is 0.674. The van der Waals surface area contributed by atoms with Gasteiger partial charge in [-0.05, 0) is 54.7 Å². The minimum atomic E-state index is -3.01. The third-order valence-corrected chi connectivity index (χ3v) is 4.69. The Morgan fingerprint density at radius 3 is 2.96 bits per heavy atom. The normalized spacial score (nSPS) is 16.5. The van der Waals surface area contributed by atoms with Gasteiger partial charge in [-0.2, -0.15) is 8.78 Å². The van der Waals surface area contributed by atoms with Crippen LogP contribution in [0.3, 0.4) is 0 Å². The predicted octanol–water partition coefficient (Wildman–Crippen LogP) is 5.03. The van der Waals surface area contributed by atoms with E-state index in [1.807, 2.05) is 12.1 Å². The number of hydrogen-bond acceptors (Lipinski definition) is 3. The Hall–Kier alpha value is -2.22. The fourth-order valence-corrected chi connectivity index (χ4v) is 3.49. The number of amides is 2. The molecule has 0 saturated heterocycles. The summed E-state index contributed by atoms with van der Waals surface area (Å²) in [6, 6.07) is 8.39. The number of nitrogens with one attached hydrogen (secondary N) is 2. The number of urea groups is 1. The zero-order chi connectivity index (χ0) is 18.5. The molecule has 8 heteroatoms. The molecule has 0 bridgehead atoms. The van der Waals surface area contributed by atoms with Crippen LogP contribution in [-0.4, -0.2) is 17.6 Å². The summed E-state index contributed by atoms with van der Waals surface area (Å²) in [5.41, 5.74) is 2.37. The molecule has 0 fully saturated rings. The highest BCUT2D eigenvalue weighted by Gasteiger charge is 2.21. The first-order chi connectivity index (χ1) is 12.5. The Morgan fingerprint density at radius 1 is 1.31 bits per heavy atom. The van der Waals surface area contributed by atoms with E-state index in [9.17, 15) is 13.6 Å². The van der Waals surface area contributed by atoms with Crippen LogP contribution < -0.4 is 15.4 Å². The second-order valence-corrected chi connectivity index (χ2v) is 6.89. The van der Waals surface area contributed by atoms with Crippen molar-refractivity contribution >= 4 is 27.6 Å². The van der Waals surface area contributed by atoms with Gasteiger partial charge in [-0.1, -0.05) is 28.4 Å². The zero-order valence-corrected chi connectivity index (χ0v) is 15.4. The minimum Gasteiger partial charge on any atom is -0.415 e. The standard InChI is InChI=1S/C18H18BrF2N3O2/c19-12-7-8-13-11(10-12)4-1-2-5-14(13)23-18(25)24-15-6-3-9-22-16(15)26-17(20)21/h3,6-10,14,17H,1-2,4-5H2,(H2,23,24,25). The number of carbonyl (C=O) groups is 1. The zero-order valence-electron chi connectivity index (χ0n) is 13.8. The summed E-state index contributed by atoms with van der Waals surface area (Å²) in [6.07, 6.45) is 5.14. The van der Waals surface area contributed by atoms with Gasteiger partial charge in [0, 0.05) is 10.7 Å². The summed E-state index contributed by atoms with van der Waals surface area (Å²) in [7, 11) is 0. The largest absolute Gasteiger partial charge is 0.415 e. The molecule has 26 heavy (non-hydrogen) atoms. The summed E-state index contributed by atoms with van der Waals surface area (Å²) >= 11 is 3.48. The summed E-state index contributed by atoms with van der Waals surface area (Å²) in [5.74, 6) is -0.317. The number of halogens is 3. The Balaban J connectivity index is 1.73. The van der Waals surface area contributed by atoms with Gasteiger partial charge in [0.1, 0.15) is 5.69 Å². The Labute approximate surface area is 158 Å². The monoisotopic (exact) mass is 425 g/mol. The van der Waals surface area contributed by atoms with Gasteiger partial charge in [0.2, 0.25) is 5.88 Å². The number of aromatic nitrogens is 1. The Kier molecular flexibility index (Phi) is 6.03. The first kappa shape index (κ1) is 18.6. The molecule has 138 valence electrons. The van der Waals surface area contributed by atoms with Crippen LogP contribution in [0.2, 0.25) is 0 Å². The molecule has 0 radical (unpaired) electrons. The Bertz CT molecular complexity index is 789. The van der Waals surface area contributed by atoms with Crippen LogP contribution in [0, 0.1) is 0 Å². The van der Waals surface area contributed by atoms with Gasteiger partial charge in [-0.15, -0.1) is 0 Å². The fourth-order valence-electron chi connectivity index (χ4n) is 3.08. The third-order valence-electron chi connectivity index (χ3n) is 4.19. The molecule has 1 aromatic carbocycles. The third kappa shape index (κ3) is 4.69. The number of fused-ring (bicyclic) bond motifs is 1. The van der Waals surface area contributed by atoms with Crippen LogP contribution in [0.5, 0.6) is 5.88 Å². The summed E-state index contributed by atoms with van der Waals surface area (Å²) < 4.78 is 30.3. The van der Waals surface area contributed by atoms with E-state index < -0.39 is 12.6 Å².